The van der Waals surface area contributed by atoms with Crippen LogP contribution < -0.4 is 0 Å². The van der Waals surface area contributed by atoms with Gasteiger partial charge in [-0.2, -0.15) is 0 Å². The van der Waals surface area contributed by atoms with E-state index >= 15 is 0 Å². The van der Waals surface area contributed by atoms with Crippen LogP contribution in [0.5, 0.6) is 0 Å². The average Bonchev–Trinajstić information content (AvgIpc) is 2.07. The minimum Gasteiger partial charge on any atom is -0.498 e. The largest absolute Gasteiger partial charge is 0.498 e. The molecule has 4 heteroatoms. The first-order chi connectivity index (χ1) is 5.28. The van der Waals surface area contributed by atoms with E-state index in [1.54, 1.807) is 0 Å². The van der Waals surface area contributed by atoms with Gasteiger partial charge in [0.25, 0.3) is 0 Å². The summed E-state index contributed by atoms with van der Waals surface area (Å²) in [6.07, 6.45) is 1.25. The molecule has 0 aliphatic carbocycles. The van der Waals surface area contributed by atoms with E-state index in [0.717, 1.165) is 0 Å². The van der Waals surface area contributed by atoms with Crippen molar-refractivity contribution in [2.75, 3.05) is 27.5 Å². The van der Waals surface area contributed by atoms with Gasteiger partial charge in [0.15, 0.2) is 0 Å². The number of hydrogen-bond donors (Lipinski definition) is 0. The zero-order chi connectivity index (χ0) is 8.69. The molecule has 0 N–H and O–H groups in total. The Kier molecular flexibility index (Phi) is 5.33. The molecule has 0 radical (unpaired) electrons. The number of methoxy groups -OCH3 is 1. The maximum Gasteiger partial charge on any atom is 0.147 e. The normalized spacial score (nSPS) is 13.5. The molecule has 0 fully saturated rings. The fourth-order valence-corrected chi connectivity index (χ4v) is 0.501. The van der Waals surface area contributed by atoms with Crippen molar-refractivity contribution in [1.82, 2.24) is 0 Å². The average molecular weight is 163 g/mol. The Labute approximate surface area is 64.6 Å². The van der Waals surface area contributed by atoms with Gasteiger partial charge in [0.1, 0.15) is 19.1 Å². The van der Waals surface area contributed by atoms with Gasteiger partial charge in [-0.3, -0.25) is 4.99 Å². The van der Waals surface area contributed by atoms with E-state index in [2.05, 4.69) is 9.73 Å². The van der Waals surface area contributed by atoms with Crippen LogP contribution in [-0.2, 0) is 4.74 Å². The zero-order valence-electron chi connectivity index (χ0n) is 6.60. The van der Waals surface area contributed by atoms with Crippen LogP contribution in [-0.4, -0.2) is 33.2 Å². The predicted octanol–water partition coefficient (Wildman–Crippen LogP) is 1.53. The molecule has 0 aromatic heterocycles. The van der Waals surface area contributed by atoms with Crippen LogP contribution in [0.1, 0.15) is 0 Å². The maximum absolute atomic E-state index is 11.9. The summed E-state index contributed by atoms with van der Waals surface area (Å²) < 4.78 is 28.4. The minimum absolute atomic E-state index is 0.0863. The van der Waals surface area contributed by atoms with Crippen LogP contribution in [0.15, 0.2) is 16.8 Å². The summed E-state index contributed by atoms with van der Waals surface area (Å²) in [5.41, 5.74) is 0.180. The van der Waals surface area contributed by atoms with Gasteiger partial charge in [0, 0.05) is 13.1 Å². The molecule has 0 unspecified atom stereocenters. The standard InChI is InChI=1S/C7H11F2NO/c1-10-6(4-8)3-7(5-9)11-2/h3H,4-5H2,1-2H3/b7-3-,10-6-. The number of ether oxygens (including phenoxy) is 1. The highest BCUT2D eigenvalue weighted by Crippen LogP contribution is 1.97. The van der Waals surface area contributed by atoms with E-state index in [-0.39, 0.29) is 11.5 Å². The topological polar surface area (TPSA) is 21.6 Å². The molecule has 0 spiro atoms. The highest BCUT2D eigenvalue weighted by atomic mass is 19.1. The Hall–Kier alpha value is -0.930. The SMILES string of the molecule is C/N=C(/C=C(/CF)OC)CF. The highest BCUT2D eigenvalue weighted by molar-refractivity contribution is 5.96. The van der Waals surface area contributed by atoms with Crippen molar-refractivity contribution in [3.8, 4) is 0 Å². The van der Waals surface area contributed by atoms with Crippen molar-refractivity contribution in [1.29, 1.82) is 0 Å². The Morgan fingerprint density at radius 2 is 2.09 bits per heavy atom. The van der Waals surface area contributed by atoms with Crippen molar-refractivity contribution < 1.29 is 13.5 Å². The van der Waals surface area contributed by atoms with Crippen molar-refractivity contribution in [2.24, 2.45) is 4.99 Å². The van der Waals surface area contributed by atoms with E-state index in [1.165, 1.54) is 20.2 Å². The third-order valence-electron chi connectivity index (χ3n) is 1.15. The summed E-state index contributed by atoms with van der Waals surface area (Å²) in [6, 6.07) is 0. The number of halogens is 2. The molecule has 2 nitrogen and oxygen atoms in total. The van der Waals surface area contributed by atoms with E-state index in [9.17, 15) is 8.78 Å². The Morgan fingerprint density at radius 1 is 1.45 bits per heavy atom. The molecular formula is C7H11F2NO. The molecule has 11 heavy (non-hydrogen) atoms. The third-order valence-corrected chi connectivity index (χ3v) is 1.15. The molecule has 0 aromatic rings. The first kappa shape index (κ1) is 10.1. The van der Waals surface area contributed by atoms with Gasteiger partial charge in [-0.15, -0.1) is 0 Å². The van der Waals surface area contributed by atoms with E-state index < -0.39 is 13.3 Å². The first-order valence-corrected chi connectivity index (χ1v) is 3.10. The van der Waals surface area contributed by atoms with Crippen LogP contribution in [0.25, 0.3) is 0 Å². The lowest BCUT2D eigenvalue weighted by molar-refractivity contribution is 0.256. The molecule has 0 atom stereocenters. The summed E-state index contributed by atoms with van der Waals surface area (Å²) in [6.45, 7) is -1.45. The van der Waals surface area contributed by atoms with Crippen LogP contribution in [0.2, 0.25) is 0 Å². The fraction of sp³-hybridized carbons (Fsp3) is 0.571. The Bertz CT molecular complexity index is 160. The van der Waals surface area contributed by atoms with Crippen molar-refractivity contribution in [3.63, 3.8) is 0 Å². The summed E-state index contributed by atoms with van der Waals surface area (Å²) in [7, 11) is 2.77. The van der Waals surface area contributed by atoms with Crippen molar-refractivity contribution >= 4 is 5.71 Å². The molecule has 0 heterocycles. The molecule has 0 saturated heterocycles. The second-order valence-corrected chi connectivity index (χ2v) is 1.80. The third kappa shape index (κ3) is 3.70. The summed E-state index contributed by atoms with van der Waals surface area (Å²) in [5, 5.41) is 0. The minimum atomic E-state index is -0.741. The fourth-order valence-electron chi connectivity index (χ4n) is 0.501. The highest BCUT2D eigenvalue weighted by Gasteiger charge is 1.97. The lowest BCUT2D eigenvalue weighted by Gasteiger charge is -1.99. The van der Waals surface area contributed by atoms with E-state index in [1.807, 2.05) is 0 Å². The van der Waals surface area contributed by atoms with Crippen LogP contribution in [0.3, 0.4) is 0 Å². The van der Waals surface area contributed by atoms with Gasteiger partial charge in [-0.1, -0.05) is 0 Å². The van der Waals surface area contributed by atoms with Crippen molar-refractivity contribution in [2.45, 2.75) is 0 Å². The second kappa shape index (κ2) is 5.82. The van der Waals surface area contributed by atoms with Gasteiger partial charge in [0.05, 0.1) is 12.8 Å². The van der Waals surface area contributed by atoms with Crippen molar-refractivity contribution in [3.05, 3.63) is 11.8 Å². The molecule has 0 aromatic carbocycles. The van der Waals surface area contributed by atoms with Gasteiger partial charge >= 0.3 is 0 Å². The van der Waals surface area contributed by atoms with Crippen LogP contribution >= 0.6 is 0 Å². The second-order valence-electron chi connectivity index (χ2n) is 1.80. The van der Waals surface area contributed by atoms with Gasteiger partial charge in [-0.05, 0) is 0 Å². The first-order valence-electron chi connectivity index (χ1n) is 3.10. The number of alkyl halides is 2. The summed E-state index contributed by atoms with van der Waals surface area (Å²) in [4.78, 5) is 3.56. The van der Waals surface area contributed by atoms with E-state index in [0.29, 0.717) is 0 Å². The molecule has 0 aliphatic heterocycles. The quantitative estimate of drug-likeness (QED) is 0.455. The molecule has 0 rings (SSSR count). The van der Waals surface area contributed by atoms with Gasteiger partial charge < -0.3 is 4.74 Å². The molecule has 0 amide bonds. The molecular weight excluding hydrogens is 152 g/mol. The number of nitrogens with zero attached hydrogens (tertiary/aromatic N) is 1. The molecule has 0 bridgehead atoms. The number of hydrogen-bond acceptors (Lipinski definition) is 2. The lowest BCUT2D eigenvalue weighted by Crippen LogP contribution is -2.00. The zero-order valence-corrected chi connectivity index (χ0v) is 6.60. The smallest absolute Gasteiger partial charge is 0.147 e. The summed E-state index contributed by atoms with van der Waals surface area (Å²) >= 11 is 0. The number of aliphatic imine (C=N–C) groups is 1. The monoisotopic (exact) mass is 163 g/mol. The maximum atomic E-state index is 11.9. The predicted molar refractivity (Wildman–Crippen MR) is 40.4 cm³/mol. The lowest BCUT2D eigenvalue weighted by atomic mass is 10.3. The molecule has 0 saturated carbocycles. The van der Waals surface area contributed by atoms with Gasteiger partial charge in [-0.25, -0.2) is 8.78 Å². The summed E-state index contributed by atoms with van der Waals surface area (Å²) in [5.74, 6) is 0.0863. The Morgan fingerprint density at radius 3 is 2.36 bits per heavy atom. The van der Waals surface area contributed by atoms with Gasteiger partial charge in [0.2, 0.25) is 0 Å². The molecule has 0 aliphatic rings. The van der Waals surface area contributed by atoms with E-state index in [4.69, 9.17) is 0 Å². The Balaban J connectivity index is 4.23. The number of allylic oxidation sites excluding steroid dienone is 2. The number of rotatable bonds is 4. The van der Waals surface area contributed by atoms with Crippen LogP contribution in [0, 0.1) is 0 Å². The van der Waals surface area contributed by atoms with Crippen LogP contribution in [0.4, 0.5) is 8.78 Å². The molecule has 64 valence electrons.